The first-order valence-corrected chi connectivity index (χ1v) is 11.4. The Morgan fingerprint density at radius 3 is 1.69 bits per heavy atom. The quantitative estimate of drug-likeness (QED) is 0.231. The van der Waals surface area contributed by atoms with Crippen LogP contribution >= 0.6 is 7.92 Å². The summed E-state index contributed by atoms with van der Waals surface area (Å²) in [5.41, 5.74) is 1.35. The summed E-state index contributed by atoms with van der Waals surface area (Å²) in [6.07, 6.45) is 5.40. The van der Waals surface area contributed by atoms with Crippen LogP contribution in [0.2, 0.25) is 0 Å². The number of benzene rings is 2. The van der Waals surface area contributed by atoms with Crippen molar-refractivity contribution in [2.75, 3.05) is 12.3 Å². The molecule has 0 aliphatic rings. The average Bonchev–Trinajstić information content (AvgIpc) is 3.24. The van der Waals surface area contributed by atoms with Gasteiger partial charge < -0.3 is 24.8 Å². The Morgan fingerprint density at radius 2 is 1.21 bits per heavy atom. The maximum Gasteiger partial charge on any atom is 4.00 e. The van der Waals surface area contributed by atoms with Gasteiger partial charge in [-0.3, -0.25) is 0 Å². The van der Waals surface area contributed by atoms with Crippen molar-refractivity contribution in [1.29, 1.82) is 0 Å². The Bertz CT molecular complexity index is 885. The van der Waals surface area contributed by atoms with Crippen LogP contribution in [0.15, 0.2) is 72.8 Å². The number of aryl methyl sites for hydroxylation is 1. The summed E-state index contributed by atoms with van der Waals surface area (Å²) in [5.74, 6) is 0. The molecule has 0 saturated carbocycles. The predicted molar refractivity (Wildman–Crippen MR) is 121 cm³/mol. The van der Waals surface area contributed by atoms with Gasteiger partial charge in [-0.05, 0) is 12.3 Å². The normalized spacial score (nSPS) is 9.93. The van der Waals surface area contributed by atoms with Gasteiger partial charge in [0, 0.05) is 0 Å². The standard InChI is InChI=1S/C15H20P.C10H9.2ClH.Ti/c1-3-9-16(10-4-2)15-11-13-7-5-6-8-14(13)12-15;1-8-6-9-4-2-3-5-10(9)7-8;;;/h5-8,11-12H,3-4,9-10H2,1-2H3;2-7H,1H3;2*1H;/q2*-1;;;+4/p-2. The Balaban J connectivity index is 0.000000528. The van der Waals surface area contributed by atoms with Gasteiger partial charge in [0.25, 0.3) is 0 Å². The Morgan fingerprint density at radius 1 is 0.724 bits per heavy atom. The topological polar surface area (TPSA) is 0 Å². The molecule has 4 rings (SSSR count). The maximum absolute atomic E-state index is 2.41. The van der Waals surface area contributed by atoms with Crippen LogP contribution in [0.4, 0.5) is 0 Å². The third kappa shape index (κ3) is 7.86. The van der Waals surface area contributed by atoms with Crippen LogP contribution in [0.1, 0.15) is 32.3 Å². The number of rotatable bonds is 5. The van der Waals surface area contributed by atoms with Crippen molar-refractivity contribution >= 4 is 34.8 Å². The van der Waals surface area contributed by atoms with Crippen LogP contribution in [0.25, 0.3) is 21.5 Å². The molecule has 4 aromatic rings. The Hall–Kier alpha value is -0.616. The van der Waals surface area contributed by atoms with Crippen LogP contribution in [0.3, 0.4) is 0 Å². The molecule has 0 bridgehead atoms. The summed E-state index contributed by atoms with van der Waals surface area (Å²) >= 11 is 0. The number of halogens is 2. The maximum atomic E-state index is 2.41. The SMILES string of the molecule is CCCP(CCC)c1cc2ccccc2[cH-]1.Cc1cc2ccccc2[cH-]1.[Cl-].[Cl-].[Ti+4]. The van der Waals surface area contributed by atoms with E-state index in [9.17, 15) is 0 Å². The van der Waals surface area contributed by atoms with E-state index in [0.717, 1.165) is 0 Å². The van der Waals surface area contributed by atoms with E-state index >= 15 is 0 Å². The minimum Gasteiger partial charge on any atom is -1.00 e. The molecule has 0 unspecified atom stereocenters. The molecule has 0 radical (unpaired) electrons. The first-order valence-electron chi connectivity index (χ1n) is 9.73. The summed E-state index contributed by atoms with van der Waals surface area (Å²) in [5, 5.41) is 7.13. The molecular weight excluding hydrogens is 450 g/mol. The number of hydrogen-bond donors (Lipinski definition) is 0. The molecule has 0 N–H and O–H groups in total. The van der Waals surface area contributed by atoms with Crippen molar-refractivity contribution in [3.8, 4) is 0 Å². The third-order valence-electron chi connectivity index (χ3n) is 4.72. The molecule has 0 fully saturated rings. The summed E-state index contributed by atoms with van der Waals surface area (Å²) in [6.45, 7) is 6.72. The van der Waals surface area contributed by atoms with Crippen LogP contribution < -0.4 is 30.1 Å². The second kappa shape index (κ2) is 14.4. The molecule has 0 heterocycles. The second-order valence-corrected chi connectivity index (χ2v) is 9.48. The van der Waals surface area contributed by atoms with E-state index in [1.165, 1.54) is 52.3 Å². The molecule has 29 heavy (non-hydrogen) atoms. The van der Waals surface area contributed by atoms with Gasteiger partial charge in [0.1, 0.15) is 0 Å². The van der Waals surface area contributed by atoms with Crippen LogP contribution in [0, 0.1) is 6.92 Å². The summed E-state index contributed by atoms with van der Waals surface area (Å²) in [6, 6.07) is 26.4. The van der Waals surface area contributed by atoms with Crippen molar-refractivity contribution in [2.24, 2.45) is 0 Å². The molecule has 4 heteroatoms. The summed E-state index contributed by atoms with van der Waals surface area (Å²) in [4.78, 5) is 0. The molecule has 0 aliphatic carbocycles. The van der Waals surface area contributed by atoms with E-state index < -0.39 is 0 Å². The molecule has 0 atom stereocenters. The van der Waals surface area contributed by atoms with Gasteiger partial charge in [-0.1, -0.05) is 53.7 Å². The monoisotopic (exact) mass is 478 g/mol. The molecule has 0 nitrogen and oxygen atoms in total. The second-order valence-electron chi connectivity index (χ2n) is 6.99. The molecule has 0 saturated heterocycles. The van der Waals surface area contributed by atoms with E-state index in [1.807, 2.05) is 0 Å². The predicted octanol–water partition coefficient (Wildman–Crippen LogP) is 1.36. The van der Waals surface area contributed by atoms with Crippen molar-refractivity contribution in [3.05, 3.63) is 78.4 Å². The molecular formula is C25H29Cl2PTi. The third-order valence-corrected chi connectivity index (χ3v) is 7.68. The summed E-state index contributed by atoms with van der Waals surface area (Å²) in [7, 11) is 0.0972. The van der Waals surface area contributed by atoms with E-state index in [4.69, 9.17) is 0 Å². The van der Waals surface area contributed by atoms with Gasteiger partial charge in [-0.15, -0.1) is 80.9 Å². The molecule has 0 aromatic heterocycles. The first-order chi connectivity index (χ1) is 12.7. The molecule has 4 aromatic carbocycles. The van der Waals surface area contributed by atoms with Gasteiger partial charge in [0.05, 0.1) is 0 Å². The van der Waals surface area contributed by atoms with Crippen molar-refractivity contribution in [2.45, 2.75) is 33.6 Å². The van der Waals surface area contributed by atoms with Gasteiger partial charge in [-0.2, -0.15) is 12.1 Å². The first kappa shape index (κ1) is 28.4. The van der Waals surface area contributed by atoms with Gasteiger partial charge in [0.2, 0.25) is 0 Å². The zero-order valence-electron chi connectivity index (χ0n) is 17.5. The van der Waals surface area contributed by atoms with Gasteiger partial charge >= 0.3 is 21.7 Å². The number of hydrogen-bond acceptors (Lipinski definition) is 0. The molecule has 0 spiro atoms. The minimum absolute atomic E-state index is 0. The van der Waals surface area contributed by atoms with E-state index in [-0.39, 0.29) is 54.5 Å². The molecule has 0 amide bonds. The van der Waals surface area contributed by atoms with Crippen molar-refractivity contribution in [3.63, 3.8) is 0 Å². The largest absolute Gasteiger partial charge is 4.00 e. The van der Waals surface area contributed by atoms with Crippen LogP contribution in [0.5, 0.6) is 0 Å². The van der Waals surface area contributed by atoms with E-state index in [2.05, 4.69) is 93.6 Å². The molecule has 0 aliphatic heterocycles. The fourth-order valence-corrected chi connectivity index (χ4v) is 6.00. The summed E-state index contributed by atoms with van der Waals surface area (Å²) < 4.78 is 0. The smallest absolute Gasteiger partial charge is 1.00 e. The van der Waals surface area contributed by atoms with Gasteiger partial charge in [0.15, 0.2) is 0 Å². The Kier molecular flexibility index (Phi) is 14.1. The van der Waals surface area contributed by atoms with Crippen molar-refractivity contribution in [1.82, 2.24) is 0 Å². The zero-order valence-corrected chi connectivity index (χ0v) is 21.4. The van der Waals surface area contributed by atoms with Crippen LogP contribution in [-0.2, 0) is 21.7 Å². The minimum atomic E-state index is 0. The fourth-order valence-electron chi connectivity index (χ4n) is 3.53. The van der Waals surface area contributed by atoms with Crippen LogP contribution in [-0.4, -0.2) is 12.3 Å². The van der Waals surface area contributed by atoms with E-state index in [0.29, 0.717) is 0 Å². The van der Waals surface area contributed by atoms with Crippen molar-refractivity contribution < 1.29 is 46.5 Å². The number of fused-ring (bicyclic) bond motifs is 2. The van der Waals surface area contributed by atoms with E-state index in [1.54, 1.807) is 5.30 Å². The Labute approximate surface area is 204 Å². The zero-order chi connectivity index (χ0) is 18.4. The molecule has 152 valence electrons. The average molecular weight is 479 g/mol. The van der Waals surface area contributed by atoms with Gasteiger partial charge in [-0.25, -0.2) is 0 Å². The fraction of sp³-hybridized carbons (Fsp3) is 0.280.